The maximum atomic E-state index is 12.6. The number of unbranched alkanes of at least 4 members (excludes halogenated alkanes) is 1. The Hall–Kier alpha value is -2.76. The zero-order valence-corrected chi connectivity index (χ0v) is 17.8. The second-order valence-corrected chi connectivity index (χ2v) is 7.74. The Morgan fingerprint density at radius 1 is 1.41 bits per heavy atom. The van der Waals surface area contributed by atoms with Crippen molar-refractivity contribution < 1.29 is 14.1 Å². The second-order valence-electron chi connectivity index (χ2n) is 7.74. The van der Waals surface area contributed by atoms with Crippen LogP contribution in [0.4, 0.5) is 10.7 Å². The molecule has 2 amide bonds. The zero-order chi connectivity index (χ0) is 20.8. The first-order valence-corrected chi connectivity index (χ1v) is 10.4. The Morgan fingerprint density at radius 3 is 2.93 bits per heavy atom. The molecular weight excluding hydrogens is 366 g/mol. The van der Waals surface area contributed by atoms with Gasteiger partial charge in [-0.25, -0.2) is 4.79 Å². The SMILES string of the molecule is CCCCOc1cccc(C=C2CCN(C(=O)Nc3onc(C)c3C)CC2C)c1. The number of hydrogen-bond acceptors (Lipinski definition) is 4. The summed E-state index contributed by atoms with van der Waals surface area (Å²) >= 11 is 0. The molecule has 6 nitrogen and oxygen atoms in total. The van der Waals surface area contributed by atoms with Gasteiger partial charge in [0.25, 0.3) is 0 Å². The number of piperidine rings is 1. The highest BCUT2D eigenvalue weighted by molar-refractivity contribution is 5.88. The van der Waals surface area contributed by atoms with Crippen LogP contribution in [0.15, 0.2) is 34.4 Å². The van der Waals surface area contributed by atoms with Gasteiger partial charge < -0.3 is 14.2 Å². The molecule has 0 bridgehead atoms. The fraction of sp³-hybridized carbons (Fsp3) is 0.478. The third-order valence-electron chi connectivity index (χ3n) is 5.44. The third-order valence-corrected chi connectivity index (χ3v) is 5.44. The molecule has 0 aliphatic carbocycles. The predicted octanol–water partition coefficient (Wildman–Crippen LogP) is 5.43. The number of likely N-dealkylation sites (tertiary alicyclic amines) is 1. The molecule has 2 aromatic rings. The molecule has 0 saturated carbocycles. The molecule has 0 spiro atoms. The van der Waals surface area contributed by atoms with Gasteiger partial charge in [-0.15, -0.1) is 0 Å². The fourth-order valence-electron chi connectivity index (χ4n) is 3.40. The van der Waals surface area contributed by atoms with Crippen LogP contribution in [0.5, 0.6) is 5.75 Å². The van der Waals surface area contributed by atoms with Crippen molar-refractivity contribution in [1.82, 2.24) is 10.1 Å². The predicted molar refractivity (Wildman–Crippen MR) is 115 cm³/mol. The summed E-state index contributed by atoms with van der Waals surface area (Å²) in [7, 11) is 0. The average molecular weight is 398 g/mol. The summed E-state index contributed by atoms with van der Waals surface area (Å²) in [5, 5.41) is 6.73. The molecule has 2 heterocycles. The standard InChI is InChI=1S/C23H31N3O3/c1-5-6-12-28-21-9-7-8-19(14-21)13-20-10-11-26(15-16(20)2)23(27)24-22-17(3)18(4)25-29-22/h7-9,13-14,16H,5-6,10-12,15H2,1-4H3,(H,24,27). The Kier molecular flexibility index (Phi) is 6.96. The number of hydrogen-bond donors (Lipinski definition) is 1. The fourth-order valence-corrected chi connectivity index (χ4v) is 3.40. The number of amides is 2. The van der Waals surface area contributed by atoms with Crippen LogP contribution < -0.4 is 10.1 Å². The number of aromatic nitrogens is 1. The lowest BCUT2D eigenvalue weighted by molar-refractivity contribution is 0.197. The monoisotopic (exact) mass is 397 g/mol. The van der Waals surface area contributed by atoms with Crippen LogP contribution >= 0.6 is 0 Å². The van der Waals surface area contributed by atoms with Gasteiger partial charge >= 0.3 is 6.03 Å². The van der Waals surface area contributed by atoms with E-state index in [1.807, 2.05) is 30.9 Å². The summed E-state index contributed by atoms with van der Waals surface area (Å²) in [6.07, 6.45) is 5.27. The summed E-state index contributed by atoms with van der Waals surface area (Å²) in [6, 6.07) is 8.08. The highest BCUT2D eigenvalue weighted by Crippen LogP contribution is 2.27. The van der Waals surface area contributed by atoms with Crippen LogP contribution in [0.2, 0.25) is 0 Å². The van der Waals surface area contributed by atoms with E-state index in [1.165, 1.54) is 5.57 Å². The highest BCUT2D eigenvalue weighted by atomic mass is 16.5. The number of ether oxygens (including phenoxy) is 1. The number of aryl methyl sites for hydroxylation is 1. The van der Waals surface area contributed by atoms with E-state index in [0.29, 0.717) is 19.0 Å². The summed E-state index contributed by atoms with van der Waals surface area (Å²) in [5.74, 6) is 1.63. The molecule has 1 fully saturated rings. The van der Waals surface area contributed by atoms with E-state index in [9.17, 15) is 4.79 Å². The van der Waals surface area contributed by atoms with E-state index in [-0.39, 0.29) is 11.9 Å². The minimum absolute atomic E-state index is 0.138. The lowest BCUT2D eigenvalue weighted by Crippen LogP contribution is -2.42. The largest absolute Gasteiger partial charge is 0.494 e. The van der Waals surface area contributed by atoms with E-state index in [0.717, 1.165) is 48.4 Å². The Morgan fingerprint density at radius 2 is 2.24 bits per heavy atom. The van der Waals surface area contributed by atoms with Crippen molar-refractivity contribution in [3.8, 4) is 5.75 Å². The number of carbonyl (C=O) groups excluding carboxylic acids is 1. The molecule has 1 aliphatic rings. The van der Waals surface area contributed by atoms with Crippen molar-refractivity contribution in [3.05, 3.63) is 46.7 Å². The summed E-state index contributed by atoms with van der Waals surface area (Å²) in [6.45, 7) is 10.2. The second kappa shape index (κ2) is 9.63. The summed E-state index contributed by atoms with van der Waals surface area (Å²) in [4.78, 5) is 14.4. The van der Waals surface area contributed by atoms with Gasteiger partial charge in [0.05, 0.1) is 12.3 Å². The maximum Gasteiger partial charge on any atom is 0.324 e. The summed E-state index contributed by atoms with van der Waals surface area (Å²) in [5.41, 5.74) is 4.15. The van der Waals surface area contributed by atoms with Crippen LogP contribution in [0.25, 0.3) is 6.08 Å². The molecule has 1 atom stereocenters. The Bertz CT molecular complexity index is 872. The van der Waals surface area contributed by atoms with Crippen LogP contribution in [0.3, 0.4) is 0 Å². The van der Waals surface area contributed by atoms with Crippen LogP contribution in [0, 0.1) is 19.8 Å². The van der Waals surface area contributed by atoms with Gasteiger partial charge in [-0.05, 0) is 50.3 Å². The molecule has 1 aromatic carbocycles. The molecule has 6 heteroatoms. The van der Waals surface area contributed by atoms with Crippen LogP contribution in [0.1, 0.15) is 49.9 Å². The van der Waals surface area contributed by atoms with Gasteiger partial charge in [-0.3, -0.25) is 5.32 Å². The van der Waals surface area contributed by atoms with E-state index in [2.05, 4.69) is 42.5 Å². The van der Waals surface area contributed by atoms with E-state index < -0.39 is 0 Å². The molecule has 1 saturated heterocycles. The summed E-state index contributed by atoms with van der Waals surface area (Å²) < 4.78 is 11.0. The lowest BCUT2D eigenvalue weighted by atomic mass is 9.91. The molecule has 1 N–H and O–H groups in total. The van der Waals surface area contributed by atoms with E-state index in [1.54, 1.807) is 0 Å². The van der Waals surface area contributed by atoms with Crippen molar-refractivity contribution in [2.24, 2.45) is 5.92 Å². The van der Waals surface area contributed by atoms with Gasteiger partial charge in [-0.2, -0.15) is 0 Å². The van der Waals surface area contributed by atoms with Crippen LogP contribution in [-0.2, 0) is 0 Å². The van der Waals surface area contributed by atoms with Gasteiger partial charge in [0.1, 0.15) is 5.75 Å². The molecule has 1 unspecified atom stereocenters. The van der Waals surface area contributed by atoms with Crippen molar-refractivity contribution in [1.29, 1.82) is 0 Å². The van der Waals surface area contributed by atoms with E-state index in [4.69, 9.17) is 9.26 Å². The molecule has 0 radical (unpaired) electrons. The van der Waals surface area contributed by atoms with Gasteiger partial charge in [0, 0.05) is 18.7 Å². The van der Waals surface area contributed by atoms with Crippen molar-refractivity contribution >= 4 is 18.0 Å². The van der Waals surface area contributed by atoms with Crippen LogP contribution in [-0.4, -0.2) is 35.8 Å². The van der Waals surface area contributed by atoms with Gasteiger partial charge in [0.15, 0.2) is 0 Å². The molecule has 3 rings (SSSR count). The van der Waals surface area contributed by atoms with E-state index >= 15 is 0 Å². The molecule has 156 valence electrons. The molecule has 1 aromatic heterocycles. The first-order valence-electron chi connectivity index (χ1n) is 10.4. The number of nitrogens with one attached hydrogen (secondary N) is 1. The first-order chi connectivity index (χ1) is 14.0. The first kappa shape index (κ1) is 21.0. The number of anilines is 1. The minimum Gasteiger partial charge on any atom is -0.494 e. The van der Waals surface area contributed by atoms with Crippen molar-refractivity contribution in [3.63, 3.8) is 0 Å². The Balaban J connectivity index is 1.60. The topological polar surface area (TPSA) is 67.6 Å². The lowest BCUT2D eigenvalue weighted by Gasteiger charge is -2.33. The van der Waals surface area contributed by atoms with Gasteiger partial charge in [0.2, 0.25) is 5.88 Å². The number of nitrogens with zero attached hydrogens (tertiary/aromatic N) is 2. The highest BCUT2D eigenvalue weighted by Gasteiger charge is 2.25. The number of urea groups is 1. The quantitative estimate of drug-likeness (QED) is 0.660. The maximum absolute atomic E-state index is 12.6. The third kappa shape index (κ3) is 5.40. The number of rotatable bonds is 6. The molecule has 1 aliphatic heterocycles. The zero-order valence-electron chi connectivity index (χ0n) is 17.8. The minimum atomic E-state index is -0.138. The number of benzene rings is 1. The van der Waals surface area contributed by atoms with Gasteiger partial charge in [-0.1, -0.05) is 49.2 Å². The average Bonchev–Trinajstić information content (AvgIpc) is 3.02. The van der Waals surface area contributed by atoms with Crippen molar-refractivity contribution in [2.45, 2.75) is 47.0 Å². The normalized spacial score (nSPS) is 18.1. The molecular formula is C23H31N3O3. The molecule has 29 heavy (non-hydrogen) atoms. The van der Waals surface area contributed by atoms with Crippen molar-refractivity contribution in [2.75, 3.05) is 25.0 Å². The number of carbonyl (C=O) groups is 1. The smallest absolute Gasteiger partial charge is 0.324 e. The Labute approximate surface area is 172 Å².